The molecule has 2 aromatic carbocycles. The number of nitrogens with zero attached hydrogens (tertiary/aromatic N) is 1. The summed E-state index contributed by atoms with van der Waals surface area (Å²) < 4.78 is 21.6. The van der Waals surface area contributed by atoms with Crippen molar-refractivity contribution in [3.8, 4) is 23.0 Å². The Bertz CT molecular complexity index is 964. The van der Waals surface area contributed by atoms with Crippen LogP contribution in [0, 0.1) is 0 Å². The number of anilines is 2. The number of fused-ring (bicyclic) bond motifs is 1. The largest absolute Gasteiger partial charge is 0.497 e. The van der Waals surface area contributed by atoms with Crippen molar-refractivity contribution in [3.05, 3.63) is 36.4 Å². The van der Waals surface area contributed by atoms with Gasteiger partial charge < -0.3 is 34.5 Å². The fourth-order valence-corrected chi connectivity index (χ4v) is 3.50. The van der Waals surface area contributed by atoms with Gasteiger partial charge in [-0.15, -0.1) is 0 Å². The van der Waals surface area contributed by atoms with Crippen molar-refractivity contribution in [3.63, 3.8) is 0 Å². The van der Waals surface area contributed by atoms with Crippen molar-refractivity contribution in [2.45, 2.75) is 12.5 Å². The Morgan fingerprint density at radius 3 is 2.63 bits per heavy atom. The van der Waals surface area contributed by atoms with Gasteiger partial charge in [-0.3, -0.25) is 4.79 Å². The molecule has 158 valence electrons. The smallest absolute Gasteiger partial charge is 0.319 e. The Morgan fingerprint density at radius 1 is 1.07 bits per heavy atom. The van der Waals surface area contributed by atoms with Gasteiger partial charge in [-0.25, -0.2) is 4.79 Å². The third kappa shape index (κ3) is 4.05. The molecule has 0 spiro atoms. The molecule has 9 nitrogen and oxygen atoms in total. The minimum Gasteiger partial charge on any atom is -0.497 e. The quantitative estimate of drug-likeness (QED) is 0.781. The molecule has 1 fully saturated rings. The Labute approximate surface area is 173 Å². The predicted octanol–water partition coefficient (Wildman–Crippen LogP) is 2.40. The molecule has 4 rings (SSSR count). The lowest BCUT2D eigenvalue weighted by molar-refractivity contribution is -0.117. The molecular formula is C21H23N3O6. The summed E-state index contributed by atoms with van der Waals surface area (Å²) in [4.78, 5) is 26.6. The number of carbonyl (C=O) groups excluding carboxylic acids is 2. The third-order valence-electron chi connectivity index (χ3n) is 4.95. The van der Waals surface area contributed by atoms with Gasteiger partial charge in [0.25, 0.3) is 0 Å². The van der Waals surface area contributed by atoms with Gasteiger partial charge in [-0.1, -0.05) is 0 Å². The summed E-state index contributed by atoms with van der Waals surface area (Å²) in [6.07, 6.45) is 0.210. The second-order valence-corrected chi connectivity index (χ2v) is 6.90. The highest BCUT2D eigenvalue weighted by atomic mass is 16.6. The highest BCUT2D eigenvalue weighted by Crippen LogP contribution is 2.35. The molecule has 2 heterocycles. The molecule has 2 aromatic rings. The second-order valence-electron chi connectivity index (χ2n) is 6.90. The normalized spacial score (nSPS) is 17.5. The van der Waals surface area contributed by atoms with E-state index in [2.05, 4.69) is 10.6 Å². The molecule has 1 atom stereocenters. The van der Waals surface area contributed by atoms with Crippen molar-refractivity contribution in [1.82, 2.24) is 5.32 Å². The van der Waals surface area contributed by atoms with Crippen LogP contribution in [-0.2, 0) is 4.79 Å². The van der Waals surface area contributed by atoms with Crippen molar-refractivity contribution in [2.75, 3.05) is 44.2 Å². The van der Waals surface area contributed by atoms with E-state index in [1.807, 2.05) is 6.07 Å². The molecular weight excluding hydrogens is 390 g/mol. The van der Waals surface area contributed by atoms with Gasteiger partial charge in [0.2, 0.25) is 5.91 Å². The fraction of sp³-hybridized carbons (Fsp3) is 0.333. The van der Waals surface area contributed by atoms with E-state index in [0.717, 1.165) is 0 Å². The highest BCUT2D eigenvalue weighted by molar-refractivity contribution is 5.98. The minimum atomic E-state index is -0.416. The molecule has 2 N–H and O–H groups in total. The molecule has 0 unspecified atom stereocenters. The molecule has 0 aromatic heterocycles. The van der Waals surface area contributed by atoms with Crippen LogP contribution in [0.2, 0.25) is 0 Å². The number of rotatable bonds is 5. The molecule has 1 saturated heterocycles. The van der Waals surface area contributed by atoms with E-state index >= 15 is 0 Å². The lowest BCUT2D eigenvalue weighted by Gasteiger charge is -2.22. The Hall–Kier alpha value is -3.62. The number of ether oxygens (including phenoxy) is 4. The first-order valence-corrected chi connectivity index (χ1v) is 9.57. The van der Waals surface area contributed by atoms with Gasteiger partial charge in [-0.05, 0) is 24.3 Å². The molecule has 0 bridgehead atoms. The summed E-state index contributed by atoms with van der Waals surface area (Å²) >= 11 is 0. The van der Waals surface area contributed by atoms with Crippen molar-refractivity contribution in [1.29, 1.82) is 0 Å². The molecule has 9 heteroatoms. The zero-order valence-corrected chi connectivity index (χ0v) is 16.8. The van der Waals surface area contributed by atoms with Crippen molar-refractivity contribution >= 4 is 23.3 Å². The number of hydrogen-bond acceptors (Lipinski definition) is 6. The molecule has 2 aliphatic rings. The van der Waals surface area contributed by atoms with E-state index in [9.17, 15) is 9.59 Å². The van der Waals surface area contributed by atoms with Crippen LogP contribution in [0.3, 0.4) is 0 Å². The number of methoxy groups -OCH3 is 2. The molecule has 2 aliphatic heterocycles. The van der Waals surface area contributed by atoms with Crippen LogP contribution in [0.25, 0.3) is 0 Å². The number of carbonyl (C=O) groups is 2. The minimum absolute atomic E-state index is 0.0704. The maximum Gasteiger partial charge on any atom is 0.319 e. The first-order valence-electron chi connectivity index (χ1n) is 9.57. The summed E-state index contributed by atoms with van der Waals surface area (Å²) in [7, 11) is 3.07. The molecule has 0 aliphatic carbocycles. The van der Waals surface area contributed by atoms with E-state index in [1.165, 1.54) is 7.11 Å². The number of benzene rings is 2. The molecule has 0 radical (unpaired) electrons. The Kier molecular flexibility index (Phi) is 5.51. The SMILES string of the molecule is COc1ccc(NC(=O)N[C@@H]2CC(=O)N(c3ccc4c(c3)OCCO4)C2)c(OC)c1. The molecule has 30 heavy (non-hydrogen) atoms. The average molecular weight is 413 g/mol. The zero-order chi connectivity index (χ0) is 21.1. The Balaban J connectivity index is 1.39. The summed E-state index contributed by atoms with van der Waals surface area (Å²) in [5, 5.41) is 5.60. The van der Waals surface area contributed by atoms with Crippen LogP contribution in [0.5, 0.6) is 23.0 Å². The topological polar surface area (TPSA) is 98.4 Å². The van der Waals surface area contributed by atoms with Crippen LogP contribution < -0.4 is 34.5 Å². The monoisotopic (exact) mass is 413 g/mol. The van der Waals surface area contributed by atoms with Crippen molar-refractivity contribution < 1.29 is 28.5 Å². The van der Waals surface area contributed by atoms with Gasteiger partial charge in [0, 0.05) is 30.8 Å². The first kappa shape index (κ1) is 19.7. The second kappa shape index (κ2) is 8.40. The zero-order valence-electron chi connectivity index (χ0n) is 16.8. The molecule has 0 saturated carbocycles. The third-order valence-corrected chi connectivity index (χ3v) is 4.95. The summed E-state index contributed by atoms with van der Waals surface area (Å²) in [6.45, 7) is 1.35. The average Bonchev–Trinajstić information content (AvgIpc) is 3.13. The van der Waals surface area contributed by atoms with E-state index in [1.54, 1.807) is 42.3 Å². The summed E-state index contributed by atoms with van der Waals surface area (Å²) in [6, 6.07) is 9.75. The van der Waals surface area contributed by atoms with Gasteiger partial charge >= 0.3 is 6.03 Å². The lowest BCUT2D eigenvalue weighted by Crippen LogP contribution is -2.39. The fourth-order valence-electron chi connectivity index (χ4n) is 3.50. The van der Waals surface area contributed by atoms with Crippen molar-refractivity contribution in [2.24, 2.45) is 0 Å². The first-order chi connectivity index (χ1) is 14.6. The Morgan fingerprint density at radius 2 is 1.87 bits per heavy atom. The van der Waals surface area contributed by atoms with Crippen LogP contribution in [0.15, 0.2) is 36.4 Å². The van der Waals surface area contributed by atoms with Crippen LogP contribution in [0.4, 0.5) is 16.2 Å². The van der Waals surface area contributed by atoms with E-state index in [0.29, 0.717) is 54.1 Å². The summed E-state index contributed by atoms with van der Waals surface area (Å²) in [5.41, 5.74) is 1.22. The van der Waals surface area contributed by atoms with Gasteiger partial charge in [0.15, 0.2) is 11.5 Å². The maximum absolute atomic E-state index is 12.5. The standard InChI is InChI=1S/C21H23N3O6/c1-27-15-4-5-16(18(11-15)28-2)23-21(26)22-13-9-20(25)24(12-13)14-3-6-17-19(10-14)30-8-7-29-17/h3-6,10-11,13H,7-9,12H2,1-2H3,(H2,22,23,26)/t13-/m1/s1. The van der Waals surface area contributed by atoms with E-state index < -0.39 is 6.03 Å². The summed E-state index contributed by atoms with van der Waals surface area (Å²) in [5.74, 6) is 2.31. The number of urea groups is 1. The number of hydrogen-bond donors (Lipinski definition) is 2. The van der Waals surface area contributed by atoms with Gasteiger partial charge in [0.05, 0.1) is 25.9 Å². The lowest BCUT2D eigenvalue weighted by atomic mass is 10.2. The number of amides is 3. The van der Waals surface area contributed by atoms with Crippen LogP contribution in [0.1, 0.15) is 6.42 Å². The van der Waals surface area contributed by atoms with Crippen LogP contribution >= 0.6 is 0 Å². The maximum atomic E-state index is 12.5. The molecule has 3 amide bonds. The van der Waals surface area contributed by atoms with Gasteiger partial charge in [0.1, 0.15) is 24.7 Å². The van der Waals surface area contributed by atoms with Crippen LogP contribution in [-0.4, -0.2) is 52.0 Å². The highest BCUT2D eigenvalue weighted by Gasteiger charge is 2.32. The van der Waals surface area contributed by atoms with Gasteiger partial charge in [-0.2, -0.15) is 0 Å². The number of nitrogens with one attached hydrogen (secondary N) is 2. The predicted molar refractivity (Wildman–Crippen MR) is 110 cm³/mol. The van der Waals surface area contributed by atoms with E-state index in [4.69, 9.17) is 18.9 Å². The van der Waals surface area contributed by atoms with E-state index in [-0.39, 0.29) is 18.4 Å².